The molecule has 0 spiro atoms. The van der Waals surface area contributed by atoms with Crippen molar-refractivity contribution < 1.29 is 4.42 Å². The first kappa shape index (κ1) is 47.9. The topological polar surface area (TPSA) is 22.9 Å². The van der Waals surface area contributed by atoms with Crippen molar-refractivity contribution in [2.45, 2.75) is 31.6 Å². The van der Waals surface area contributed by atoms with E-state index in [2.05, 4.69) is 321 Å². The van der Waals surface area contributed by atoms with Crippen LogP contribution in [0.3, 0.4) is 0 Å². The Hall–Kier alpha value is -10.1. The summed E-state index contributed by atoms with van der Waals surface area (Å²) in [5.74, 6) is 0. The van der Waals surface area contributed by atoms with Gasteiger partial charge in [0.1, 0.15) is 11.2 Å². The maximum Gasteiger partial charge on any atom is 0.333 e. The van der Waals surface area contributed by atoms with Crippen LogP contribution < -0.4 is 25.5 Å². The molecule has 0 aliphatic carbocycles. The van der Waals surface area contributed by atoms with Crippen molar-refractivity contribution >= 4 is 85.2 Å². The monoisotopic (exact) mass is 1050 g/mol. The molecular formula is C77H56BN3O. The molecule has 4 nitrogen and oxygen atoms in total. The quantitative estimate of drug-likeness (QED) is 0.141. The van der Waals surface area contributed by atoms with Gasteiger partial charge in [-0.25, -0.2) is 0 Å². The zero-order valence-corrected chi connectivity index (χ0v) is 46.0. The van der Waals surface area contributed by atoms with E-state index in [9.17, 15) is 0 Å². The molecule has 4 heterocycles. The van der Waals surface area contributed by atoms with Crippen LogP contribution in [0, 0.1) is 0 Å². The normalized spacial score (nSPS) is 13.6. The number of furan rings is 1. The predicted octanol–water partition coefficient (Wildman–Crippen LogP) is 19.1. The van der Waals surface area contributed by atoms with Gasteiger partial charge < -0.3 is 19.0 Å². The van der Waals surface area contributed by atoms with E-state index in [-0.39, 0.29) is 12.3 Å². The third-order valence-corrected chi connectivity index (χ3v) is 17.6. The summed E-state index contributed by atoms with van der Waals surface area (Å²) in [4.78, 5) is 7.77. The van der Waals surface area contributed by atoms with Gasteiger partial charge in [0.05, 0.1) is 11.1 Å². The van der Waals surface area contributed by atoms with E-state index in [4.69, 9.17) is 4.42 Å². The third-order valence-electron chi connectivity index (χ3n) is 17.6. The molecule has 0 radical (unpaired) electrons. The molecule has 3 aliphatic rings. The molecule has 12 aromatic carbocycles. The molecular weight excluding hydrogens is 994 g/mol. The lowest BCUT2D eigenvalue weighted by atomic mass is 9.42. The molecule has 16 rings (SSSR count). The summed E-state index contributed by atoms with van der Waals surface area (Å²) in [7, 11) is 0. The fraction of sp³-hybridized carbons (Fsp3) is 0.0649. The Morgan fingerprint density at radius 1 is 0.402 bits per heavy atom. The summed E-state index contributed by atoms with van der Waals surface area (Å²) in [6.07, 6.45) is 0. The summed E-state index contributed by atoms with van der Waals surface area (Å²) in [6, 6.07) is 106. The van der Waals surface area contributed by atoms with Crippen molar-refractivity contribution in [3.63, 3.8) is 0 Å². The van der Waals surface area contributed by atoms with Crippen molar-refractivity contribution in [2.75, 3.05) is 14.6 Å². The van der Waals surface area contributed by atoms with Crippen LogP contribution in [-0.2, 0) is 10.8 Å². The summed E-state index contributed by atoms with van der Waals surface area (Å²) >= 11 is 0. The van der Waals surface area contributed by atoms with Crippen molar-refractivity contribution in [3.8, 4) is 33.4 Å². The van der Waals surface area contributed by atoms with Gasteiger partial charge in [0.25, 0.3) is 0 Å². The van der Waals surface area contributed by atoms with Gasteiger partial charge in [-0.1, -0.05) is 233 Å². The van der Waals surface area contributed by atoms with Crippen molar-refractivity contribution in [1.29, 1.82) is 0 Å². The molecule has 13 aromatic rings. The van der Waals surface area contributed by atoms with Crippen molar-refractivity contribution in [1.82, 2.24) is 0 Å². The lowest BCUT2D eigenvalue weighted by Gasteiger charge is -2.52. The number of nitrogens with zero attached hydrogens (tertiary/aromatic N) is 3. The highest BCUT2D eigenvalue weighted by molar-refractivity contribution is 6.93. The number of benzene rings is 12. The van der Waals surface area contributed by atoms with Crippen molar-refractivity contribution in [3.05, 3.63) is 313 Å². The van der Waals surface area contributed by atoms with E-state index in [1.54, 1.807) is 0 Å². The van der Waals surface area contributed by atoms with Crippen LogP contribution in [-0.4, -0.2) is 6.85 Å². The Bertz CT molecular complexity index is 4500. The average molecular weight is 1050 g/mol. The second-order valence-electron chi connectivity index (χ2n) is 23.2. The van der Waals surface area contributed by atoms with Gasteiger partial charge in [-0.2, -0.15) is 0 Å². The summed E-state index contributed by atoms with van der Waals surface area (Å²) in [6.45, 7) is 6.65. The smallest absolute Gasteiger partial charge is 0.333 e. The zero-order valence-electron chi connectivity index (χ0n) is 46.0. The van der Waals surface area contributed by atoms with Gasteiger partial charge in [-0.3, -0.25) is 0 Å². The van der Waals surface area contributed by atoms with Crippen LogP contribution in [0.15, 0.2) is 290 Å². The average Bonchev–Trinajstić information content (AvgIpc) is 2.05. The van der Waals surface area contributed by atoms with Gasteiger partial charge in [-0.15, -0.1) is 0 Å². The van der Waals surface area contributed by atoms with Gasteiger partial charge in [-0.05, 0) is 145 Å². The highest BCUT2D eigenvalue weighted by Gasteiger charge is 2.53. The number of anilines is 8. The first-order valence-electron chi connectivity index (χ1n) is 28.6. The Morgan fingerprint density at radius 2 is 0.963 bits per heavy atom. The van der Waals surface area contributed by atoms with E-state index in [1.165, 1.54) is 55.6 Å². The summed E-state index contributed by atoms with van der Waals surface area (Å²) < 4.78 is 6.89. The zero-order chi connectivity index (χ0) is 54.7. The van der Waals surface area contributed by atoms with Gasteiger partial charge >= 0.3 is 6.85 Å². The molecule has 0 fully saturated rings. The fourth-order valence-electron chi connectivity index (χ4n) is 14.0. The van der Waals surface area contributed by atoms with Crippen LogP contribution in [0.4, 0.5) is 45.5 Å². The molecule has 0 amide bonds. The standard InChI is InChI=1S/C77H56BN3O/c1-76(2,3)55-41-43-58(44-42-55)81-70-49-64-62-35-16-19-40-72(62)82-73(64)50-63(70)65-47-61(79(59-33-20-27-53(45-59)51-23-8-4-9-24-51)60-34-21-28-54(46-60)52-25-10-5-11-26-52)48-71-74(65)78(81)68-38-22-37-67-75(68)80(71)69-39-18-17-36-66(69)77(67,56-29-12-6-13-30-56)57-31-14-7-15-32-57/h4-50H,1-3H3. The molecule has 0 saturated carbocycles. The Balaban J connectivity index is 1.05. The third kappa shape index (κ3) is 7.25. The lowest BCUT2D eigenvalue weighted by Crippen LogP contribution is -2.62. The number of hydrogen-bond acceptors (Lipinski definition) is 4. The van der Waals surface area contributed by atoms with E-state index < -0.39 is 5.41 Å². The molecule has 0 atom stereocenters. The van der Waals surface area contributed by atoms with E-state index >= 15 is 0 Å². The first-order chi connectivity index (χ1) is 40.3. The second-order valence-corrected chi connectivity index (χ2v) is 23.2. The minimum absolute atomic E-state index is 0.0288. The molecule has 0 N–H and O–H groups in total. The van der Waals surface area contributed by atoms with E-state index in [0.29, 0.717) is 0 Å². The van der Waals surface area contributed by atoms with Crippen LogP contribution >= 0.6 is 0 Å². The molecule has 0 bridgehead atoms. The van der Waals surface area contributed by atoms with Gasteiger partial charge in [0, 0.05) is 56.1 Å². The molecule has 3 aliphatic heterocycles. The van der Waals surface area contributed by atoms with Crippen LogP contribution in [0.5, 0.6) is 0 Å². The Kier molecular flexibility index (Phi) is 10.8. The Morgan fingerprint density at radius 3 is 1.61 bits per heavy atom. The highest BCUT2D eigenvalue weighted by atomic mass is 16.3. The molecule has 388 valence electrons. The predicted molar refractivity (Wildman–Crippen MR) is 344 cm³/mol. The largest absolute Gasteiger partial charge is 0.456 e. The molecule has 82 heavy (non-hydrogen) atoms. The maximum atomic E-state index is 6.89. The molecule has 0 unspecified atom stereocenters. The number of fused-ring (bicyclic) bond motifs is 9. The maximum absolute atomic E-state index is 6.89. The second kappa shape index (κ2) is 18.5. The van der Waals surface area contributed by atoms with Gasteiger partial charge in [0.15, 0.2) is 0 Å². The minimum Gasteiger partial charge on any atom is -0.456 e. The van der Waals surface area contributed by atoms with Crippen LogP contribution in [0.1, 0.15) is 48.6 Å². The van der Waals surface area contributed by atoms with Gasteiger partial charge in [0.2, 0.25) is 0 Å². The summed E-state index contributed by atoms with van der Waals surface area (Å²) in [5.41, 5.74) is 25.6. The number of para-hydroxylation sites is 3. The molecule has 0 saturated heterocycles. The number of hydrogen-bond donors (Lipinski definition) is 0. The van der Waals surface area contributed by atoms with E-state index in [1.807, 2.05) is 0 Å². The van der Waals surface area contributed by atoms with Crippen LogP contribution in [0.25, 0.3) is 55.3 Å². The van der Waals surface area contributed by atoms with E-state index in [0.717, 1.165) is 84.0 Å². The number of rotatable bonds is 8. The minimum atomic E-state index is -0.672. The molecule has 5 heteroatoms. The first-order valence-corrected chi connectivity index (χ1v) is 28.6. The van der Waals surface area contributed by atoms with Crippen LogP contribution in [0.2, 0.25) is 0 Å². The summed E-state index contributed by atoms with van der Waals surface area (Å²) in [5, 5.41) is 2.20. The Labute approximate surface area is 479 Å². The lowest BCUT2D eigenvalue weighted by molar-refractivity contribution is 0.590. The fourth-order valence-corrected chi connectivity index (χ4v) is 14.0. The van der Waals surface area contributed by atoms with Crippen molar-refractivity contribution in [2.24, 2.45) is 0 Å². The SMILES string of the molecule is CC(C)(C)c1ccc(N2B3c4cccc5c4N(c4ccccc4C5(c4ccccc4)c4ccccc4)c4cc(N(c5cccc(-c6ccccc6)c5)c5cccc(-c6ccccc6)c5)cc(c43)-c3cc4oc5ccccc5c4cc32)cc1. The highest BCUT2D eigenvalue weighted by Crippen LogP contribution is 2.60. The molecule has 1 aromatic heterocycles.